The minimum Gasteiger partial charge on any atom is -0.481 e. The first kappa shape index (κ1) is 19.1. The summed E-state index contributed by atoms with van der Waals surface area (Å²) in [4.78, 5) is 23.2. The van der Waals surface area contributed by atoms with Gasteiger partial charge in [-0.05, 0) is 29.5 Å². The molecule has 0 aliphatic rings. The zero-order valence-electron chi connectivity index (χ0n) is 13.4. The van der Waals surface area contributed by atoms with Gasteiger partial charge < -0.3 is 10.4 Å². The standard InChI is InChI=1S/C16H18N2O5S2/c1-11-5-2-3-6-12(11)13(9-15(20)21)18-14(19)10-17-25(22,23)16-7-4-8-24-16/h2-8,13,17H,9-10H2,1H3,(H,18,19)(H,20,21). The minimum atomic E-state index is -3.75. The van der Waals surface area contributed by atoms with Crippen LogP contribution in [0.4, 0.5) is 0 Å². The summed E-state index contributed by atoms with van der Waals surface area (Å²) in [6, 6.07) is 9.41. The van der Waals surface area contributed by atoms with E-state index in [1.54, 1.807) is 23.6 Å². The first-order valence-corrected chi connectivity index (χ1v) is 9.76. The van der Waals surface area contributed by atoms with Gasteiger partial charge in [0.25, 0.3) is 10.0 Å². The SMILES string of the molecule is Cc1ccccc1C(CC(=O)O)NC(=O)CNS(=O)(=O)c1cccs1. The number of hydrogen-bond acceptors (Lipinski definition) is 5. The molecule has 134 valence electrons. The normalized spacial score (nSPS) is 12.5. The number of carboxylic acids is 1. The average molecular weight is 382 g/mol. The van der Waals surface area contributed by atoms with E-state index >= 15 is 0 Å². The Kier molecular flexibility index (Phi) is 6.29. The Labute approximate surface area is 149 Å². The zero-order valence-corrected chi connectivity index (χ0v) is 15.1. The molecule has 0 spiro atoms. The van der Waals surface area contributed by atoms with E-state index in [-0.39, 0.29) is 10.6 Å². The molecule has 0 aliphatic heterocycles. The number of benzene rings is 1. The first-order chi connectivity index (χ1) is 11.8. The van der Waals surface area contributed by atoms with Gasteiger partial charge in [0.05, 0.1) is 19.0 Å². The Morgan fingerprint density at radius 2 is 1.92 bits per heavy atom. The zero-order chi connectivity index (χ0) is 18.4. The molecule has 1 heterocycles. The smallest absolute Gasteiger partial charge is 0.305 e. The van der Waals surface area contributed by atoms with Crippen molar-refractivity contribution in [3.8, 4) is 0 Å². The van der Waals surface area contributed by atoms with Crippen LogP contribution >= 0.6 is 11.3 Å². The van der Waals surface area contributed by atoms with E-state index < -0.39 is 34.5 Å². The number of carbonyl (C=O) groups is 2. The second-order valence-corrected chi connectivity index (χ2v) is 8.27. The van der Waals surface area contributed by atoms with Gasteiger partial charge in [-0.25, -0.2) is 13.1 Å². The maximum atomic E-state index is 12.1. The molecule has 25 heavy (non-hydrogen) atoms. The number of sulfonamides is 1. The molecule has 0 bridgehead atoms. The monoisotopic (exact) mass is 382 g/mol. The Balaban J connectivity index is 2.05. The molecule has 0 fully saturated rings. The largest absolute Gasteiger partial charge is 0.481 e. The second-order valence-electron chi connectivity index (χ2n) is 5.33. The summed E-state index contributed by atoms with van der Waals surface area (Å²) in [6.07, 6.45) is -0.297. The number of amides is 1. The van der Waals surface area contributed by atoms with Crippen molar-refractivity contribution in [1.29, 1.82) is 0 Å². The van der Waals surface area contributed by atoms with Gasteiger partial charge in [0.2, 0.25) is 5.91 Å². The lowest BCUT2D eigenvalue weighted by molar-refractivity contribution is -0.137. The number of carbonyl (C=O) groups excluding carboxylic acids is 1. The highest BCUT2D eigenvalue weighted by atomic mass is 32.2. The third-order valence-electron chi connectivity index (χ3n) is 3.46. The maximum Gasteiger partial charge on any atom is 0.305 e. The number of nitrogens with one attached hydrogen (secondary N) is 2. The maximum absolute atomic E-state index is 12.1. The quantitative estimate of drug-likeness (QED) is 0.643. The van der Waals surface area contributed by atoms with E-state index in [4.69, 9.17) is 5.11 Å². The van der Waals surface area contributed by atoms with Crippen molar-refractivity contribution in [3.63, 3.8) is 0 Å². The van der Waals surface area contributed by atoms with Crippen LogP contribution in [0.1, 0.15) is 23.6 Å². The molecular formula is C16H18N2O5S2. The molecule has 1 atom stereocenters. The summed E-state index contributed by atoms with van der Waals surface area (Å²) in [5.74, 6) is -1.66. The molecule has 1 aromatic heterocycles. The van der Waals surface area contributed by atoms with Crippen molar-refractivity contribution in [2.45, 2.75) is 23.6 Å². The van der Waals surface area contributed by atoms with Crippen molar-refractivity contribution in [2.24, 2.45) is 0 Å². The lowest BCUT2D eigenvalue weighted by atomic mass is 9.99. The summed E-state index contributed by atoms with van der Waals surface area (Å²) >= 11 is 1.04. The summed E-state index contributed by atoms with van der Waals surface area (Å²) in [5, 5.41) is 13.3. The van der Waals surface area contributed by atoms with Crippen LogP contribution in [0, 0.1) is 6.92 Å². The van der Waals surface area contributed by atoms with Crippen molar-refractivity contribution < 1.29 is 23.1 Å². The Morgan fingerprint density at radius 3 is 2.52 bits per heavy atom. The van der Waals surface area contributed by atoms with Crippen molar-refractivity contribution in [3.05, 3.63) is 52.9 Å². The van der Waals surface area contributed by atoms with Crippen LogP contribution in [0.15, 0.2) is 46.0 Å². The fourth-order valence-electron chi connectivity index (χ4n) is 2.28. The van der Waals surface area contributed by atoms with Crippen LogP contribution in [-0.4, -0.2) is 31.9 Å². The molecule has 0 saturated carbocycles. The van der Waals surface area contributed by atoms with Crippen molar-refractivity contribution >= 4 is 33.2 Å². The molecule has 0 saturated heterocycles. The number of thiophene rings is 1. The number of aryl methyl sites for hydroxylation is 1. The molecule has 0 aliphatic carbocycles. The summed E-state index contributed by atoms with van der Waals surface area (Å²) in [5.41, 5.74) is 1.52. The van der Waals surface area contributed by atoms with Crippen LogP contribution in [0.5, 0.6) is 0 Å². The van der Waals surface area contributed by atoms with E-state index in [0.717, 1.165) is 16.9 Å². The van der Waals surface area contributed by atoms with Gasteiger partial charge in [0.15, 0.2) is 0 Å². The summed E-state index contributed by atoms with van der Waals surface area (Å²) < 4.78 is 26.3. The van der Waals surface area contributed by atoms with Gasteiger partial charge in [-0.1, -0.05) is 30.3 Å². The van der Waals surface area contributed by atoms with Gasteiger partial charge >= 0.3 is 5.97 Å². The van der Waals surface area contributed by atoms with E-state index in [0.29, 0.717) is 5.56 Å². The molecule has 1 unspecified atom stereocenters. The summed E-state index contributed by atoms with van der Waals surface area (Å²) in [7, 11) is -3.75. The average Bonchev–Trinajstić information content (AvgIpc) is 3.08. The van der Waals surface area contributed by atoms with Crippen molar-refractivity contribution in [1.82, 2.24) is 10.0 Å². The highest BCUT2D eigenvalue weighted by Crippen LogP contribution is 2.20. The molecule has 9 heteroatoms. The molecule has 2 rings (SSSR count). The second kappa shape index (κ2) is 8.24. The third-order valence-corrected chi connectivity index (χ3v) is 6.26. The molecule has 1 aromatic carbocycles. The van der Waals surface area contributed by atoms with Crippen LogP contribution in [0.3, 0.4) is 0 Å². The van der Waals surface area contributed by atoms with Gasteiger partial charge in [-0.3, -0.25) is 9.59 Å². The van der Waals surface area contributed by atoms with E-state index in [1.165, 1.54) is 6.07 Å². The molecule has 2 aromatic rings. The van der Waals surface area contributed by atoms with Gasteiger partial charge in [0.1, 0.15) is 4.21 Å². The van der Waals surface area contributed by atoms with Crippen molar-refractivity contribution in [2.75, 3.05) is 6.54 Å². The van der Waals surface area contributed by atoms with E-state index in [2.05, 4.69) is 10.0 Å². The Hall–Kier alpha value is -2.23. The highest BCUT2D eigenvalue weighted by Gasteiger charge is 2.21. The molecular weight excluding hydrogens is 364 g/mol. The number of carboxylic acid groups (broad SMARTS) is 1. The highest BCUT2D eigenvalue weighted by molar-refractivity contribution is 7.91. The topological polar surface area (TPSA) is 113 Å². The fourth-order valence-corrected chi connectivity index (χ4v) is 4.30. The fraction of sp³-hybridized carbons (Fsp3) is 0.250. The van der Waals surface area contributed by atoms with E-state index in [1.807, 2.05) is 19.1 Å². The van der Waals surface area contributed by atoms with Gasteiger partial charge in [-0.2, -0.15) is 0 Å². The van der Waals surface area contributed by atoms with Crippen LogP contribution in [-0.2, 0) is 19.6 Å². The van der Waals surface area contributed by atoms with Gasteiger partial charge in [0, 0.05) is 0 Å². The Bertz CT molecular complexity index is 847. The minimum absolute atomic E-state index is 0.112. The number of rotatable bonds is 8. The lowest BCUT2D eigenvalue weighted by Crippen LogP contribution is -2.39. The van der Waals surface area contributed by atoms with Crippen LogP contribution < -0.4 is 10.0 Å². The van der Waals surface area contributed by atoms with E-state index in [9.17, 15) is 18.0 Å². The predicted molar refractivity (Wildman–Crippen MR) is 93.8 cm³/mol. The lowest BCUT2D eigenvalue weighted by Gasteiger charge is -2.19. The number of hydrogen-bond donors (Lipinski definition) is 3. The predicted octanol–water partition coefficient (Wildman–Crippen LogP) is 1.67. The molecule has 1 amide bonds. The van der Waals surface area contributed by atoms with Crippen LogP contribution in [0.25, 0.3) is 0 Å². The molecule has 0 radical (unpaired) electrons. The third kappa shape index (κ3) is 5.38. The van der Waals surface area contributed by atoms with Crippen LogP contribution in [0.2, 0.25) is 0 Å². The summed E-state index contributed by atoms with van der Waals surface area (Å²) in [6.45, 7) is 1.35. The van der Waals surface area contributed by atoms with Gasteiger partial charge in [-0.15, -0.1) is 11.3 Å². The number of aliphatic carboxylic acids is 1. The molecule has 3 N–H and O–H groups in total. The first-order valence-electron chi connectivity index (χ1n) is 7.39. The molecule has 7 nitrogen and oxygen atoms in total. The Morgan fingerprint density at radius 1 is 1.20 bits per heavy atom.